The molecule has 3 aromatic rings. The van der Waals surface area contributed by atoms with E-state index >= 15 is 0 Å². The lowest BCUT2D eigenvalue weighted by Gasteiger charge is -2.08. The maximum atomic E-state index is 6.25. The van der Waals surface area contributed by atoms with E-state index in [9.17, 15) is 0 Å². The minimum Gasteiger partial charge on any atom is -0.319 e. The molecule has 2 aromatic heterocycles. The van der Waals surface area contributed by atoms with Crippen molar-refractivity contribution in [3.63, 3.8) is 0 Å². The predicted molar refractivity (Wildman–Crippen MR) is 81.8 cm³/mol. The summed E-state index contributed by atoms with van der Waals surface area (Å²) in [6.45, 7) is 2.48. The van der Waals surface area contributed by atoms with Gasteiger partial charge in [-0.25, -0.2) is 9.97 Å². The van der Waals surface area contributed by atoms with E-state index in [0.29, 0.717) is 6.54 Å². The molecule has 0 N–H and O–H groups in total. The molecule has 0 radical (unpaired) electrons. The quantitative estimate of drug-likeness (QED) is 0.678. The van der Waals surface area contributed by atoms with Gasteiger partial charge in [0.1, 0.15) is 12.2 Å². The van der Waals surface area contributed by atoms with Crippen LogP contribution in [0.1, 0.15) is 23.9 Å². The molecule has 0 fully saturated rings. The summed E-state index contributed by atoms with van der Waals surface area (Å²) in [6, 6.07) is 6.01. The minimum atomic E-state index is -0.176. The van der Waals surface area contributed by atoms with Gasteiger partial charge in [-0.1, -0.05) is 15.9 Å². The van der Waals surface area contributed by atoms with Gasteiger partial charge in [0.2, 0.25) is 0 Å². The summed E-state index contributed by atoms with van der Waals surface area (Å²) >= 11 is 9.71. The van der Waals surface area contributed by atoms with Crippen LogP contribution in [0.3, 0.4) is 0 Å². The van der Waals surface area contributed by atoms with Crippen LogP contribution in [0.4, 0.5) is 0 Å². The van der Waals surface area contributed by atoms with Crippen molar-refractivity contribution in [2.24, 2.45) is 7.05 Å². The van der Waals surface area contributed by atoms with Crippen LogP contribution in [0.5, 0.6) is 0 Å². The molecular formula is C13H13BrClN5. The summed E-state index contributed by atoms with van der Waals surface area (Å²) in [7, 11) is 1.85. The third-order valence-electron chi connectivity index (χ3n) is 3.04. The van der Waals surface area contributed by atoms with Gasteiger partial charge in [0.15, 0.2) is 5.82 Å². The Morgan fingerprint density at radius 1 is 1.40 bits per heavy atom. The Hall–Kier alpha value is -1.40. The molecule has 5 nitrogen and oxygen atoms in total. The van der Waals surface area contributed by atoms with Crippen LogP contribution < -0.4 is 0 Å². The second-order valence-corrected chi connectivity index (χ2v) is 6.21. The summed E-state index contributed by atoms with van der Waals surface area (Å²) < 4.78 is 4.75. The van der Waals surface area contributed by atoms with Gasteiger partial charge in [-0.3, -0.25) is 4.68 Å². The molecule has 7 heteroatoms. The van der Waals surface area contributed by atoms with Gasteiger partial charge in [0.05, 0.1) is 23.0 Å². The zero-order valence-corrected chi connectivity index (χ0v) is 13.4. The summed E-state index contributed by atoms with van der Waals surface area (Å²) in [4.78, 5) is 8.88. The first-order valence-corrected chi connectivity index (χ1v) is 7.42. The Labute approximate surface area is 129 Å². The fourth-order valence-electron chi connectivity index (χ4n) is 2.19. The normalized spacial score (nSPS) is 13.0. The molecule has 0 spiro atoms. The van der Waals surface area contributed by atoms with Gasteiger partial charge in [-0.2, -0.15) is 5.10 Å². The average Bonchev–Trinajstić information content (AvgIpc) is 2.94. The van der Waals surface area contributed by atoms with Gasteiger partial charge in [0.25, 0.3) is 0 Å². The number of halogens is 2. The monoisotopic (exact) mass is 353 g/mol. The van der Waals surface area contributed by atoms with E-state index in [1.807, 2.05) is 32.2 Å². The van der Waals surface area contributed by atoms with Crippen molar-refractivity contribution >= 4 is 38.6 Å². The number of alkyl halides is 1. The molecule has 104 valence electrons. The van der Waals surface area contributed by atoms with Crippen LogP contribution in [-0.2, 0) is 13.6 Å². The zero-order chi connectivity index (χ0) is 14.3. The summed E-state index contributed by atoms with van der Waals surface area (Å²) in [5, 5.41) is 4.14. The van der Waals surface area contributed by atoms with Gasteiger partial charge in [0, 0.05) is 11.5 Å². The number of rotatable bonds is 3. The molecule has 0 saturated carbocycles. The van der Waals surface area contributed by atoms with Crippen molar-refractivity contribution in [1.82, 2.24) is 24.3 Å². The van der Waals surface area contributed by atoms with E-state index in [1.165, 1.54) is 0 Å². The standard InChI is InChI=1S/C13H13BrClN5/c1-8(15)13-17-10-5-9(14)3-4-11(10)20(13)6-12-16-7-19(2)18-12/h3-5,7-8H,6H2,1-2H3. The zero-order valence-electron chi connectivity index (χ0n) is 11.1. The van der Waals surface area contributed by atoms with Crippen molar-refractivity contribution in [3.05, 3.63) is 40.6 Å². The fourth-order valence-corrected chi connectivity index (χ4v) is 2.70. The molecule has 2 heterocycles. The van der Waals surface area contributed by atoms with Gasteiger partial charge < -0.3 is 4.57 Å². The number of fused-ring (bicyclic) bond motifs is 1. The highest BCUT2D eigenvalue weighted by molar-refractivity contribution is 9.10. The molecule has 1 aromatic carbocycles. The highest BCUT2D eigenvalue weighted by Gasteiger charge is 2.16. The highest BCUT2D eigenvalue weighted by Crippen LogP contribution is 2.27. The smallest absolute Gasteiger partial charge is 0.170 e. The van der Waals surface area contributed by atoms with Crippen molar-refractivity contribution < 1.29 is 0 Å². The van der Waals surface area contributed by atoms with Crippen LogP contribution in [0.25, 0.3) is 11.0 Å². The first-order valence-electron chi connectivity index (χ1n) is 6.19. The van der Waals surface area contributed by atoms with Gasteiger partial charge >= 0.3 is 0 Å². The lowest BCUT2D eigenvalue weighted by atomic mass is 10.3. The van der Waals surface area contributed by atoms with E-state index in [0.717, 1.165) is 27.2 Å². The molecule has 0 amide bonds. The fraction of sp³-hybridized carbons (Fsp3) is 0.308. The molecule has 0 aliphatic rings. The molecular weight excluding hydrogens is 342 g/mol. The van der Waals surface area contributed by atoms with Crippen molar-refractivity contribution in [2.45, 2.75) is 18.8 Å². The number of benzene rings is 1. The number of hydrogen-bond donors (Lipinski definition) is 0. The van der Waals surface area contributed by atoms with Crippen LogP contribution in [0, 0.1) is 0 Å². The van der Waals surface area contributed by atoms with Crippen LogP contribution >= 0.6 is 27.5 Å². The number of nitrogens with zero attached hydrogens (tertiary/aromatic N) is 5. The molecule has 1 unspecified atom stereocenters. The van der Waals surface area contributed by atoms with E-state index in [-0.39, 0.29) is 5.38 Å². The first-order chi connectivity index (χ1) is 9.54. The Morgan fingerprint density at radius 3 is 2.85 bits per heavy atom. The third kappa shape index (κ3) is 2.45. The Kier molecular flexibility index (Phi) is 3.52. The van der Waals surface area contributed by atoms with Crippen molar-refractivity contribution in [2.75, 3.05) is 0 Å². The van der Waals surface area contributed by atoms with Gasteiger partial charge in [-0.05, 0) is 25.1 Å². The van der Waals surface area contributed by atoms with E-state index in [4.69, 9.17) is 11.6 Å². The third-order valence-corrected chi connectivity index (χ3v) is 3.73. The van der Waals surface area contributed by atoms with E-state index < -0.39 is 0 Å². The molecule has 0 bridgehead atoms. The van der Waals surface area contributed by atoms with E-state index in [1.54, 1.807) is 11.0 Å². The largest absolute Gasteiger partial charge is 0.319 e. The van der Waals surface area contributed by atoms with Gasteiger partial charge in [-0.15, -0.1) is 11.6 Å². The van der Waals surface area contributed by atoms with Crippen LogP contribution in [0.2, 0.25) is 0 Å². The number of hydrogen-bond acceptors (Lipinski definition) is 3. The first kappa shape index (κ1) is 13.6. The molecule has 0 saturated heterocycles. The molecule has 20 heavy (non-hydrogen) atoms. The molecule has 3 rings (SSSR count). The van der Waals surface area contributed by atoms with E-state index in [2.05, 4.69) is 35.6 Å². The molecule has 1 atom stereocenters. The van der Waals surface area contributed by atoms with Crippen molar-refractivity contribution in [1.29, 1.82) is 0 Å². The Morgan fingerprint density at radius 2 is 2.20 bits per heavy atom. The Bertz CT molecular complexity index is 761. The second kappa shape index (κ2) is 5.18. The van der Waals surface area contributed by atoms with Crippen LogP contribution in [0.15, 0.2) is 29.0 Å². The lowest BCUT2D eigenvalue weighted by molar-refractivity contribution is 0.684. The van der Waals surface area contributed by atoms with Crippen LogP contribution in [-0.4, -0.2) is 24.3 Å². The summed E-state index contributed by atoms with van der Waals surface area (Å²) in [5.74, 6) is 1.57. The topological polar surface area (TPSA) is 48.5 Å². The lowest BCUT2D eigenvalue weighted by Crippen LogP contribution is -2.07. The summed E-state index contributed by atoms with van der Waals surface area (Å²) in [6.07, 6.45) is 1.69. The second-order valence-electron chi connectivity index (χ2n) is 4.64. The average molecular weight is 355 g/mol. The number of aryl methyl sites for hydroxylation is 1. The van der Waals surface area contributed by atoms with Crippen molar-refractivity contribution in [3.8, 4) is 0 Å². The molecule has 0 aliphatic heterocycles. The summed E-state index contributed by atoms with van der Waals surface area (Å²) in [5.41, 5.74) is 1.95. The predicted octanol–water partition coefficient (Wildman–Crippen LogP) is 3.28. The minimum absolute atomic E-state index is 0.176. The highest BCUT2D eigenvalue weighted by atomic mass is 79.9. The molecule has 0 aliphatic carbocycles. The number of aromatic nitrogens is 5. The maximum Gasteiger partial charge on any atom is 0.170 e. The maximum absolute atomic E-state index is 6.25. The SMILES string of the molecule is CC(Cl)c1nc2cc(Br)ccc2n1Cc1ncn(C)n1. The Balaban J connectivity index is 2.13. The number of imidazole rings is 1.